The SMILES string of the molecule is Cc1cc(Br)ccc1N/C=C(/C#N)C(=O)Nc1ccc(F)cc1. The second kappa shape index (κ2) is 7.56. The molecule has 0 unspecified atom stereocenters. The fraction of sp³-hybridized carbons (Fsp3) is 0.0588. The number of aryl methyl sites for hydroxylation is 1. The van der Waals surface area contributed by atoms with Crippen LogP contribution in [0.15, 0.2) is 58.7 Å². The molecule has 0 radical (unpaired) electrons. The van der Waals surface area contributed by atoms with Crippen LogP contribution in [-0.2, 0) is 4.79 Å². The molecule has 23 heavy (non-hydrogen) atoms. The van der Waals surface area contributed by atoms with Gasteiger partial charge in [-0.2, -0.15) is 5.26 Å². The first kappa shape index (κ1) is 16.7. The Kier molecular flexibility index (Phi) is 5.50. The van der Waals surface area contributed by atoms with Crippen molar-refractivity contribution in [1.29, 1.82) is 5.26 Å². The molecule has 0 aliphatic carbocycles. The van der Waals surface area contributed by atoms with E-state index in [0.717, 1.165) is 15.7 Å². The van der Waals surface area contributed by atoms with Crippen molar-refractivity contribution < 1.29 is 9.18 Å². The Bertz CT molecular complexity index is 794. The largest absolute Gasteiger partial charge is 0.360 e. The van der Waals surface area contributed by atoms with Crippen LogP contribution in [0.25, 0.3) is 0 Å². The highest BCUT2D eigenvalue weighted by atomic mass is 79.9. The molecule has 0 atom stereocenters. The number of nitrogens with zero attached hydrogens (tertiary/aromatic N) is 1. The molecule has 6 heteroatoms. The van der Waals surface area contributed by atoms with Crippen molar-refractivity contribution in [3.05, 3.63) is 70.1 Å². The van der Waals surface area contributed by atoms with Gasteiger partial charge in [-0.05, 0) is 55.0 Å². The monoisotopic (exact) mass is 373 g/mol. The summed E-state index contributed by atoms with van der Waals surface area (Å²) >= 11 is 3.37. The molecule has 0 saturated heterocycles. The molecular formula is C17H13BrFN3O. The molecule has 1 amide bonds. The quantitative estimate of drug-likeness (QED) is 0.618. The van der Waals surface area contributed by atoms with Gasteiger partial charge >= 0.3 is 0 Å². The van der Waals surface area contributed by atoms with Crippen molar-refractivity contribution in [1.82, 2.24) is 0 Å². The van der Waals surface area contributed by atoms with Crippen LogP contribution in [-0.4, -0.2) is 5.91 Å². The molecule has 0 bridgehead atoms. The topological polar surface area (TPSA) is 64.9 Å². The lowest BCUT2D eigenvalue weighted by Crippen LogP contribution is -2.14. The van der Waals surface area contributed by atoms with Crippen LogP contribution in [0.3, 0.4) is 0 Å². The van der Waals surface area contributed by atoms with Crippen LogP contribution >= 0.6 is 15.9 Å². The van der Waals surface area contributed by atoms with Crippen molar-refractivity contribution in [2.24, 2.45) is 0 Å². The molecule has 0 aliphatic heterocycles. The zero-order valence-corrected chi connectivity index (χ0v) is 13.8. The molecule has 0 aliphatic rings. The van der Waals surface area contributed by atoms with Gasteiger partial charge in [0, 0.05) is 22.0 Å². The minimum absolute atomic E-state index is 0.0864. The first-order valence-electron chi connectivity index (χ1n) is 6.69. The summed E-state index contributed by atoms with van der Waals surface area (Å²) in [6, 6.07) is 12.8. The van der Waals surface area contributed by atoms with E-state index in [0.29, 0.717) is 5.69 Å². The van der Waals surface area contributed by atoms with Gasteiger partial charge in [0.1, 0.15) is 17.5 Å². The number of carbonyl (C=O) groups excluding carboxylic acids is 1. The summed E-state index contributed by atoms with van der Waals surface area (Å²) in [5.41, 5.74) is 2.08. The highest BCUT2D eigenvalue weighted by Gasteiger charge is 2.09. The standard InChI is InChI=1S/C17H13BrFN3O/c1-11-8-13(18)2-7-16(11)21-10-12(9-20)17(23)22-15-5-3-14(19)4-6-15/h2-8,10,21H,1H3,(H,22,23)/b12-10-. The van der Waals surface area contributed by atoms with Gasteiger partial charge in [-0.1, -0.05) is 15.9 Å². The summed E-state index contributed by atoms with van der Waals surface area (Å²) in [5, 5.41) is 14.6. The van der Waals surface area contributed by atoms with E-state index >= 15 is 0 Å². The smallest absolute Gasteiger partial charge is 0.267 e. The van der Waals surface area contributed by atoms with Gasteiger partial charge in [0.25, 0.3) is 5.91 Å². The lowest BCUT2D eigenvalue weighted by Gasteiger charge is -2.07. The number of nitriles is 1. The van der Waals surface area contributed by atoms with E-state index < -0.39 is 11.7 Å². The number of hydrogen-bond donors (Lipinski definition) is 2. The van der Waals surface area contributed by atoms with Crippen LogP contribution < -0.4 is 10.6 Å². The number of benzene rings is 2. The second-order valence-electron chi connectivity index (χ2n) is 4.73. The third-order valence-electron chi connectivity index (χ3n) is 3.03. The maximum atomic E-state index is 12.8. The molecule has 2 aromatic carbocycles. The van der Waals surface area contributed by atoms with Crippen LogP contribution in [0.5, 0.6) is 0 Å². The lowest BCUT2D eigenvalue weighted by molar-refractivity contribution is -0.112. The van der Waals surface area contributed by atoms with Crippen molar-refractivity contribution in [2.45, 2.75) is 6.92 Å². The average Bonchev–Trinajstić information content (AvgIpc) is 2.52. The Balaban J connectivity index is 2.10. The maximum absolute atomic E-state index is 12.8. The number of rotatable bonds is 4. The zero-order chi connectivity index (χ0) is 16.8. The van der Waals surface area contributed by atoms with Crippen molar-refractivity contribution in [2.75, 3.05) is 10.6 Å². The molecule has 2 rings (SSSR count). The average molecular weight is 374 g/mol. The number of anilines is 2. The second-order valence-corrected chi connectivity index (χ2v) is 5.65. The number of nitrogens with one attached hydrogen (secondary N) is 2. The van der Waals surface area contributed by atoms with Gasteiger partial charge in [-0.3, -0.25) is 4.79 Å². The number of amides is 1. The van der Waals surface area contributed by atoms with Crippen LogP contribution in [0.1, 0.15) is 5.56 Å². The van der Waals surface area contributed by atoms with E-state index in [1.807, 2.05) is 31.2 Å². The normalized spacial score (nSPS) is 10.8. The lowest BCUT2D eigenvalue weighted by atomic mass is 10.2. The zero-order valence-electron chi connectivity index (χ0n) is 12.2. The molecule has 0 heterocycles. The molecule has 0 saturated carbocycles. The van der Waals surface area contributed by atoms with Gasteiger partial charge in [-0.15, -0.1) is 0 Å². The minimum atomic E-state index is -0.568. The Morgan fingerprint density at radius 3 is 2.57 bits per heavy atom. The summed E-state index contributed by atoms with van der Waals surface area (Å²) < 4.78 is 13.8. The summed E-state index contributed by atoms with van der Waals surface area (Å²) in [6.45, 7) is 1.91. The first-order valence-corrected chi connectivity index (χ1v) is 7.49. The van der Waals surface area contributed by atoms with E-state index in [9.17, 15) is 9.18 Å². The summed E-state index contributed by atoms with van der Waals surface area (Å²) in [4.78, 5) is 12.0. The van der Waals surface area contributed by atoms with Gasteiger partial charge in [0.05, 0.1) is 0 Å². The Labute approximate surface area is 141 Å². The maximum Gasteiger partial charge on any atom is 0.267 e. The van der Waals surface area contributed by atoms with Crippen LogP contribution in [0, 0.1) is 24.1 Å². The molecule has 0 spiro atoms. The van der Waals surface area contributed by atoms with Crippen molar-refractivity contribution >= 4 is 33.2 Å². The van der Waals surface area contributed by atoms with Crippen molar-refractivity contribution in [3.8, 4) is 6.07 Å². The third-order valence-corrected chi connectivity index (χ3v) is 3.52. The van der Waals surface area contributed by atoms with E-state index in [2.05, 4.69) is 26.6 Å². The fourth-order valence-corrected chi connectivity index (χ4v) is 2.29. The predicted octanol–water partition coefficient (Wildman–Crippen LogP) is 4.35. The molecule has 116 valence electrons. The Morgan fingerprint density at radius 2 is 1.96 bits per heavy atom. The molecule has 2 N–H and O–H groups in total. The predicted molar refractivity (Wildman–Crippen MR) is 91.2 cm³/mol. The van der Waals surface area contributed by atoms with E-state index in [1.54, 1.807) is 0 Å². The van der Waals surface area contributed by atoms with Gasteiger partial charge in [-0.25, -0.2) is 4.39 Å². The molecule has 0 fully saturated rings. The van der Waals surface area contributed by atoms with Gasteiger partial charge in [0.2, 0.25) is 0 Å². The fourth-order valence-electron chi connectivity index (χ4n) is 1.82. The van der Waals surface area contributed by atoms with E-state index in [-0.39, 0.29) is 5.57 Å². The highest BCUT2D eigenvalue weighted by Crippen LogP contribution is 2.20. The third kappa shape index (κ3) is 4.66. The first-order chi connectivity index (χ1) is 11.0. The number of carbonyl (C=O) groups is 1. The van der Waals surface area contributed by atoms with Gasteiger partial charge < -0.3 is 10.6 Å². The van der Waals surface area contributed by atoms with E-state index in [1.165, 1.54) is 30.5 Å². The highest BCUT2D eigenvalue weighted by molar-refractivity contribution is 9.10. The Hall–Kier alpha value is -2.65. The van der Waals surface area contributed by atoms with Gasteiger partial charge in [0.15, 0.2) is 0 Å². The number of halogens is 2. The summed E-state index contributed by atoms with van der Waals surface area (Å²) in [7, 11) is 0. The summed E-state index contributed by atoms with van der Waals surface area (Å²) in [6.07, 6.45) is 1.34. The molecule has 2 aromatic rings. The summed E-state index contributed by atoms with van der Waals surface area (Å²) in [5.74, 6) is -0.965. The molecule has 0 aromatic heterocycles. The Morgan fingerprint density at radius 1 is 1.26 bits per heavy atom. The van der Waals surface area contributed by atoms with Crippen LogP contribution in [0.4, 0.5) is 15.8 Å². The molecular weight excluding hydrogens is 361 g/mol. The van der Waals surface area contributed by atoms with Crippen molar-refractivity contribution in [3.63, 3.8) is 0 Å². The minimum Gasteiger partial charge on any atom is -0.360 e. The number of hydrogen-bond acceptors (Lipinski definition) is 3. The van der Waals surface area contributed by atoms with Crippen LogP contribution in [0.2, 0.25) is 0 Å². The van der Waals surface area contributed by atoms with E-state index in [4.69, 9.17) is 5.26 Å². The molecule has 4 nitrogen and oxygen atoms in total.